The number of hydrogen-bond donors (Lipinski definition) is 0. The van der Waals surface area contributed by atoms with Gasteiger partial charge in [-0.05, 0) is 31.4 Å². The van der Waals surface area contributed by atoms with Gasteiger partial charge in [-0.25, -0.2) is 0 Å². The summed E-state index contributed by atoms with van der Waals surface area (Å²) in [6.45, 7) is 7.00. The van der Waals surface area contributed by atoms with Crippen LogP contribution in [0.25, 0.3) is 0 Å². The minimum atomic E-state index is -0.146. The lowest BCUT2D eigenvalue weighted by atomic mass is 9.99. The Morgan fingerprint density at radius 2 is 2.11 bits per heavy atom. The molecule has 0 saturated carbocycles. The standard InChI is InChI=1S/C15H22N2O/c1-4-6-7-13(5-2)11-17-12(3)8-9-14(10-16)15(17)18/h8-9,13H,4-7,11H2,1-3H3. The van der Waals surface area contributed by atoms with Crippen molar-refractivity contribution in [2.24, 2.45) is 5.92 Å². The highest BCUT2D eigenvalue weighted by molar-refractivity contribution is 5.27. The molecule has 0 aliphatic rings. The number of aryl methyl sites for hydroxylation is 1. The number of pyridine rings is 1. The molecule has 0 aliphatic carbocycles. The summed E-state index contributed by atoms with van der Waals surface area (Å²) in [5.74, 6) is 0.523. The molecular formula is C15H22N2O. The predicted molar refractivity (Wildman–Crippen MR) is 73.5 cm³/mol. The third kappa shape index (κ3) is 3.46. The maximum Gasteiger partial charge on any atom is 0.268 e. The molecular weight excluding hydrogens is 224 g/mol. The molecule has 1 rings (SSSR count). The first kappa shape index (κ1) is 14.5. The highest BCUT2D eigenvalue weighted by Gasteiger charge is 2.11. The molecule has 0 saturated heterocycles. The molecule has 0 amide bonds. The summed E-state index contributed by atoms with van der Waals surface area (Å²) < 4.78 is 1.75. The molecule has 1 atom stereocenters. The van der Waals surface area contributed by atoms with Crippen LogP contribution >= 0.6 is 0 Å². The summed E-state index contributed by atoms with van der Waals surface area (Å²) >= 11 is 0. The Bertz CT molecular complexity index is 482. The van der Waals surface area contributed by atoms with E-state index in [0.717, 1.165) is 25.1 Å². The normalized spacial score (nSPS) is 12.1. The number of unbranched alkanes of at least 4 members (excludes halogenated alkanes) is 1. The van der Waals surface area contributed by atoms with E-state index in [1.54, 1.807) is 10.6 Å². The van der Waals surface area contributed by atoms with Gasteiger partial charge in [0.15, 0.2) is 0 Å². The molecule has 1 aromatic heterocycles. The average Bonchev–Trinajstić information content (AvgIpc) is 2.38. The van der Waals surface area contributed by atoms with Crippen molar-refractivity contribution >= 4 is 0 Å². The van der Waals surface area contributed by atoms with E-state index in [2.05, 4.69) is 13.8 Å². The van der Waals surface area contributed by atoms with Crippen LogP contribution in [-0.2, 0) is 6.54 Å². The lowest BCUT2D eigenvalue weighted by molar-refractivity contribution is 0.381. The van der Waals surface area contributed by atoms with Crippen LogP contribution in [0.2, 0.25) is 0 Å². The van der Waals surface area contributed by atoms with Gasteiger partial charge in [-0.3, -0.25) is 4.79 Å². The van der Waals surface area contributed by atoms with E-state index in [1.165, 1.54) is 12.8 Å². The zero-order chi connectivity index (χ0) is 13.5. The van der Waals surface area contributed by atoms with E-state index in [1.807, 2.05) is 19.1 Å². The molecule has 0 aliphatic heterocycles. The van der Waals surface area contributed by atoms with Gasteiger partial charge in [-0.1, -0.05) is 33.1 Å². The first-order valence-corrected chi connectivity index (χ1v) is 6.74. The van der Waals surface area contributed by atoms with Crippen LogP contribution in [-0.4, -0.2) is 4.57 Å². The molecule has 98 valence electrons. The van der Waals surface area contributed by atoms with E-state index in [-0.39, 0.29) is 11.1 Å². The maximum atomic E-state index is 12.1. The summed E-state index contributed by atoms with van der Waals surface area (Å²) in [7, 11) is 0. The lowest BCUT2D eigenvalue weighted by Gasteiger charge is -2.18. The first-order chi connectivity index (χ1) is 8.63. The Hall–Kier alpha value is -1.56. The number of aromatic nitrogens is 1. The maximum absolute atomic E-state index is 12.1. The Morgan fingerprint density at radius 1 is 1.39 bits per heavy atom. The van der Waals surface area contributed by atoms with Gasteiger partial charge in [0.2, 0.25) is 0 Å². The molecule has 0 bridgehead atoms. The molecule has 3 nitrogen and oxygen atoms in total. The number of nitriles is 1. The number of hydrogen-bond acceptors (Lipinski definition) is 2. The molecule has 0 aromatic carbocycles. The van der Waals surface area contributed by atoms with Crippen LogP contribution in [0.5, 0.6) is 0 Å². The van der Waals surface area contributed by atoms with Crippen LogP contribution < -0.4 is 5.56 Å². The zero-order valence-corrected chi connectivity index (χ0v) is 11.6. The summed E-state index contributed by atoms with van der Waals surface area (Å²) in [5.41, 5.74) is 1.03. The molecule has 1 aromatic rings. The van der Waals surface area contributed by atoms with Crippen molar-refractivity contribution in [2.75, 3.05) is 0 Å². The van der Waals surface area contributed by atoms with Crippen LogP contribution in [0.1, 0.15) is 50.8 Å². The summed E-state index contributed by atoms with van der Waals surface area (Å²) in [6, 6.07) is 5.43. The molecule has 0 fully saturated rings. The minimum absolute atomic E-state index is 0.146. The third-order valence-electron chi connectivity index (χ3n) is 3.50. The van der Waals surface area contributed by atoms with E-state index in [9.17, 15) is 4.79 Å². The van der Waals surface area contributed by atoms with Crippen LogP contribution in [0.4, 0.5) is 0 Å². The SMILES string of the molecule is CCCCC(CC)Cn1c(C)ccc(C#N)c1=O. The Balaban J connectivity index is 2.96. The average molecular weight is 246 g/mol. The summed E-state index contributed by atoms with van der Waals surface area (Å²) in [6.07, 6.45) is 4.60. The van der Waals surface area contributed by atoms with Crippen molar-refractivity contribution in [3.8, 4) is 6.07 Å². The van der Waals surface area contributed by atoms with Crippen molar-refractivity contribution in [2.45, 2.75) is 53.0 Å². The fourth-order valence-electron chi connectivity index (χ4n) is 2.16. The summed E-state index contributed by atoms with van der Waals surface area (Å²) in [5, 5.41) is 8.90. The number of rotatable bonds is 6. The van der Waals surface area contributed by atoms with Gasteiger partial charge >= 0.3 is 0 Å². The van der Waals surface area contributed by atoms with Crippen LogP contribution in [0.3, 0.4) is 0 Å². The fourth-order valence-corrected chi connectivity index (χ4v) is 2.16. The van der Waals surface area contributed by atoms with E-state index < -0.39 is 0 Å². The monoisotopic (exact) mass is 246 g/mol. The van der Waals surface area contributed by atoms with Crippen LogP contribution in [0.15, 0.2) is 16.9 Å². The molecule has 18 heavy (non-hydrogen) atoms. The molecule has 0 radical (unpaired) electrons. The molecule has 3 heteroatoms. The molecule has 1 heterocycles. The second kappa shape index (κ2) is 7.00. The van der Waals surface area contributed by atoms with Gasteiger partial charge in [0.1, 0.15) is 11.6 Å². The van der Waals surface area contributed by atoms with Crippen molar-refractivity contribution in [1.29, 1.82) is 5.26 Å². The van der Waals surface area contributed by atoms with Gasteiger partial charge in [0.05, 0.1) is 0 Å². The molecule has 0 N–H and O–H groups in total. The van der Waals surface area contributed by atoms with Crippen molar-refractivity contribution in [3.05, 3.63) is 33.7 Å². The highest BCUT2D eigenvalue weighted by Crippen LogP contribution is 2.15. The molecule has 1 unspecified atom stereocenters. The lowest BCUT2D eigenvalue weighted by Crippen LogP contribution is -2.27. The smallest absolute Gasteiger partial charge is 0.268 e. The Morgan fingerprint density at radius 3 is 2.67 bits per heavy atom. The topological polar surface area (TPSA) is 45.8 Å². The second-order valence-electron chi connectivity index (χ2n) is 4.83. The van der Waals surface area contributed by atoms with Gasteiger partial charge < -0.3 is 4.57 Å². The van der Waals surface area contributed by atoms with Gasteiger partial charge in [0.25, 0.3) is 5.56 Å². The largest absolute Gasteiger partial charge is 0.312 e. The first-order valence-electron chi connectivity index (χ1n) is 6.74. The third-order valence-corrected chi connectivity index (χ3v) is 3.50. The molecule has 0 spiro atoms. The quantitative estimate of drug-likeness (QED) is 0.773. The second-order valence-corrected chi connectivity index (χ2v) is 4.83. The number of nitrogens with zero attached hydrogens (tertiary/aromatic N) is 2. The van der Waals surface area contributed by atoms with Gasteiger partial charge in [0, 0.05) is 12.2 Å². The zero-order valence-electron chi connectivity index (χ0n) is 11.6. The van der Waals surface area contributed by atoms with Crippen molar-refractivity contribution in [3.63, 3.8) is 0 Å². The fraction of sp³-hybridized carbons (Fsp3) is 0.600. The minimum Gasteiger partial charge on any atom is -0.312 e. The Labute approximate surface area is 109 Å². The highest BCUT2D eigenvalue weighted by atomic mass is 16.1. The van der Waals surface area contributed by atoms with E-state index in [0.29, 0.717) is 5.92 Å². The predicted octanol–water partition coefficient (Wildman–Crippen LogP) is 3.24. The Kier molecular flexibility index (Phi) is 5.64. The van der Waals surface area contributed by atoms with Gasteiger partial charge in [-0.2, -0.15) is 5.26 Å². The van der Waals surface area contributed by atoms with Crippen molar-refractivity contribution in [1.82, 2.24) is 4.57 Å². The van der Waals surface area contributed by atoms with E-state index in [4.69, 9.17) is 5.26 Å². The van der Waals surface area contributed by atoms with Crippen molar-refractivity contribution < 1.29 is 0 Å². The van der Waals surface area contributed by atoms with E-state index >= 15 is 0 Å². The van der Waals surface area contributed by atoms with Crippen LogP contribution in [0, 0.1) is 24.2 Å². The summed E-state index contributed by atoms with van der Waals surface area (Å²) in [4.78, 5) is 12.1. The van der Waals surface area contributed by atoms with Gasteiger partial charge in [-0.15, -0.1) is 0 Å².